The number of carbonyl (C=O) groups excluding carboxylic acids is 1. The van der Waals surface area contributed by atoms with E-state index in [9.17, 15) is 4.79 Å². The van der Waals surface area contributed by atoms with Crippen LogP contribution in [0.15, 0.2) is 40.4 Å². The number of nitrogens with zero attached hydrogens (tertiary/aromatic N) is 3. The van der Waals surface area contributed by atoms with Gasteiger partial charge in [0.05, 0.1) is 11.7 Å². The van der Waals surface area contributed by atoms with E-state index in [0.717, 1.165) is 10.4 Å². The van der Waals surface area contributed by atoms with Gasteiger partial charge in [-0.05, 0) is 17.7 Å². The second-order valence-corrected chi connectivity index (χ2v) is 5.90. The highest BCUT2D eigenvalue weighted by atomic mass is 32.1. The largest absolute Gasteiger partial charge is 0.418 e. The van der Waals surface area contributed by atoms with Crippen molar-refractivity contribution in [3.63, 3.8) is 0 Å². The Morgan fingerprint density at radius 3 is 2.78 bits per heavy atom. The molecule has 3 rings (SSSR count). The molecule has 118 valence electrons. The van der Waals surface area contributed by atoms with E-state index in [4.69, 9.17) is 10.2 Å². The minimum absolute atomic E-state index is 0.164. The molecule has 8 heteroatoms. The first-order chi connectivity index (χ1) is 11.1. The molecule has 3 aromatic rings. The van der Waals surface area contributed by atoms with E-state index in [0.29, 0.717) is 23.9 Å². The van der Waals surface area contributed by atoms with Crippen LogP contribution in [-0.2, 0) is 11.2 Å². The third kappa shape index (κ3) is 3.72. The number of carbonyl (C=O) groups is 1. The van der Waals surface area contributed by atoms with E-state index in [-0.39, 0.29) is 5.91 Å². The van der Waals surface area contributed by atoms with Crippen molar-refractivity contribution in [3.05, 3.63) is 47.4 Å². The Bertz CT molecular complexity index is 783. The summed E-state index contributed by atoms with van der Waals surface area (Å²) in [4.78, 5) is 16.3. The molecule has 0 bridgehead atoms. The van der Waals surface area contributed by atoms with E-state index in [1.807, 2.05) is 24.3 Å². The smallest absolute Gasteiger partial charge is 0.259 e. The third-order valence-corrected chi connectivity index (χ3v) is 3.94. The van der Waals surface area contributed by atoms with Crippen molar-refractivity contribution in [3.8, 4) is 10.8 Å². The summed E-state index contributed by atoms with van der Waals surface area (Å²) in [6, 6.07) is 7.05. The minimum Gasteiger partial charge on any atom is -0.418 e. The van der Waals surface area contributed by atoms with Crippen molar-refractivity contribution in [2.75, 3.05) is 5.73 Å². The number of amides is 1. The van der Waals surface area contributed by atoms with Gasteiger partial charge in [-0.3, -0.25) is 9.78 Å². The van der Waals surface area contributed by atoms with Crippen LogP contribution in [0.4, 0.5) is 5.69 Å². The van der Waals surface area contributed by atoms with Crippen LogP contribution in [0.2, 0.25) is 0 Å². The number of rotatable bonds is 5. The van der Waals surface area contributed by atoms with Crippen molar-refractivity contribution in [1.29, 1.82) is 0 Å². The standard InChI is InChI=1S/C15H15N5O2S/c1-9(21)18-12(6-10-2-4-11(16)5-3-10)14-19-20-15(22-14)13-7-17-8-23-13/h2-5,7-8,12H,6,16H2,1H3,(H,18,21)/t12-/m0/s1. The van der Waals surface area contributed by atoms with Crippen LogP contribution in [0.25, 0.3) is 10.8 Å². The van der Waals surface area contributed by atoms with Gasteiger partial charge in [0.25, 0.3) is 5.89 Å². The molecule has 0 aliphatic carbocycles. The molecule has 0 aliphatic rings. The van der Waals surface area contributed by atoms with E-state index < -0.39 is 6.04 Å². The Morgan fingerprint density at radius 2 is 2.13 bits per heavy atom. The maximum Gasteiger partial charge on any atom is 0.259 e. The maximum absolute atomic E-state index is 11.5. The number of benzene rings is 1. The highest BCUT2D eigenvalue weighted by Gasteiger charge is 2.21. The highest BCUT2D eigenvalue weighted by molar-refractivity contribution is 7.13. The number of aromatic nitrogens is 3. The summed E-state index contributed by atoms with van der Waals surface area (Å²) in [5, 5.41) is 10.9. The number of nitrogens with two attached hydrogens (primary N) is 1. The molecule has 0 fully saturated rings. The fraction of sp³-hybridized carbons (Fsp3) is 0.200. The van der Waals surface area contributed by atoms with Crippen LogP contribution >= 0.6 is 11.3 Å². The fourth-order valence-electron chi connectivity index (χ4n) is 2.13. The zero-order valence-corrected chi connectivity index (χ0v) is 13.2. The first kappa shape index (κ1) is 15.2. The van der Waals surface area contributed by atoms with E-state index in [1.54, 1.807) is 11.7 Å². The molecule has 0 radical (unpaired) electrons. The highest BCUT2D eigenvalue weighted by Crippen LogP contribution is 2.25. The number of hydrogen-bond donors (Lipinski definition) is 2. The predicted octanol–water partition coefficient (Wildman–Crippen LogP) is 2.20. The quantitative estimate of drug-likeness (QED) is 0.695. The summed E-state index contributed by atoms with van der Waals surface area (Å²) in [6.45, 7) is 1.45. The van der Waals surface area contributed by atoms with Crippen LogP contribution in [-0.4, -0.2) is 21.1 Å². The third-order valence-electron chi connectivity index (χ3n) is 3.18. The van der Waals surface area contributed by atoms with Gasteiger partial charge in [0.15, 0.2) is 0 Å². The van der Waals surface area contributed by atoms with E-state index in [1.165, 1.54) is 18.3 Å². The molecule has 2 heterocycles. The molecule has 1 amide bonds. The monoisotopic (exact) mass is 329 g/mol. The molecule has 0 aliphatic heterocycles. The average molecular weight is 329 g/mol. The van der Waals surface area contributed by atoms with Crippen LogP contribution < -0.4 is 11.1 Å². The number of hydrogen-bond acceptors (Lipinski definition) is 7. The first-order valence-corrected chi connectivity index (χ1v) is 7.83. The summed E-state index contributed by atoms with van der Waals surface area (Å²) >= 11 is 1.41. The predicted molar refractivity (Wildman–Crippen MR) is 86.5 cm³/mol. The Kier molecular flexibility index (Phi) is 4.33. The van der Waals surface area contributed by atoms with Crippen molar-refractivity contribution >= 4 is 22.9 Å². The summed E-state index contributed by atoms with van der Waals surface area (Å²) in [6.07, 6.45) is 2.19. The summed E-state index contributed by atoms with van der Waals surface area (Å²) < 4.78 is 5.70. The Morgan fingerprint density at radius 1 is 1.35 bits per heavy atom. The zero-order chi connectivity index (χ0) is 16.2. The van der Waals surface area contributed by atoms with Crippen molar-refractivity contribution in [2.45, 2.75) is 19.4 Å². The molecular weight excluding hydrogens is 314 g/mol. The van der Waals surface area contributed by atoms with Crippen LogP contribution in [0, 0.1) is 0 Å². The zero-order valence-electron chi connectivity index (χ0n) is 12.4. The van der Waals surface area contributed by atoms with Crippen molar-refractivity contribution in [2.24, 2.45) is 0 Å². The van der Waals surface area contributed by atoms with Crippen LogP contribution in [0.1, 0.15) is 24.4 Å². The first-order valence-electron chi connectivity index (χ1n) is 6.95. The molecule has 0 saturated heterocycles. The number of anilines is 1. The van der Waals surface area contributed by atoms with Crippen molar-refractivity contribution < 1.29 is 9.21 Å². The lowest BCUT2D eigenvalue weighted by Crippen LogP contribution is -2.28. The van der Waals surface area contributed by atoms with E-state index in [2.05, 4.69) is 20.5 Å². The summed E-state index contributed by atoms with van der Waals surface area (Å²) in [7, 11) is 0. The molecular formula is C15H15N5O2S. The molecule has 3 N–H and O–H groups in total. The normalized spacial score (nSPS) is 12.0. The molecule has 2 aromatic heterocycles. The summed E-state index contributed by atoms with van der Waals surface area (Å²) in [5.41, 5.74) is 9.08. The van der Waals surface area contributed by atoms with Gasteiger partial charge < -0.3 is 15.5 Å². The van der Waals surface area contributed by atoms with Gasteiger partial charge in [-0.1, -0.05) is 12.1 Å². The Hall–Kier alpha value is -2.74. The van der Waals surface area contributed by atoms with Gasteiger partial charge in [-0.25, -0.2) is 0 Å². The van der Waals surface area contributed by atoms with Crippen LogP contribution in [0.3, 0.4) is 0 Å². The molecule has 7 nitrogen and oxygen atoms in total. The van der Waals surface area contributed by atoms with Crippen molar-refractivity contribution in [1.82, 2.24) is 20.5 Å². The second-order valence-electron chi connectivity index (χ2n) is 5.01. The Balaban J connectivity index is 1.84. The second kappa shape index (κ2) is 6.57. The Labute approximate surface area is 136 Å². The topological polar surface area (TPSA) is 107 Å². The number of thiazole rings is 1. The minimum atomic E-state index is -0.398. The van der Waals surface area contributed by atoms with Gasteiger partial charge >= 0.3 is 0 Å². The van der Waals surface area contributed by atoms with Gasteiger partial charge in [0.2, 0.25) is 11.8 Å². The number of nitrogens with one attached hydrogen (secondary N) is 1. The lowest BCUT2D eigenvalue weighted by atomic mass is 10.1. The van der Waals surface area contributed by atoms with E-state index >= 15 is 0 Å². The lowest BCUT2D eigenvalue weighted by Gasteiger charge is -2.14. The average Bonchev–Trinajstić information content (AvgIpc) is 3.19. The number of nitrogen functional groups attached to an aromatic ring is 1. The van der Waals surface area contributed by atoms with Gasteiger partial charge in [-0.2, -0.15) is 0 Å². The molecule has 1 aromatic carbocycles. The SMILES string of the molecule is CC(=O)N[C@@H](Cc1ccc(N)cc1)c1nnc(-c2cncs2)o1. The molecule has 1 atom stereocenters. The molecule has 0 spiro atoms. The summed E-state index contributed by atoms with van der Waals surface area (Å²) in [5.74, 6) is 0.596. The molecule has 0 unspecified atom stereocenters. The fourth-order valence-corrected chi connectivity index (χ4v) is 2.67. The van der Waals surface area contributed by atoms with Gasteiger partial charge in [-0.15, -0.1) is 21.5 Å². The maximum atomic E-state index is 11.5. The molecule has 0 saturated carbocycles. The van der Waals surface area contributed by atoms with Gasteiger partial charge in [0, 0.05) is 19.0 Å². The lowest BCUT2D eigenvalue weighted by molar-refractivity contribution is -0.119. The van der Waals surface area contributed by atoms with Gasteiger partial charge in [0.1, 0.15) is 10.9 Å². The van der Waals surface area contributed by atoms with Crippen LogP contribution in [0.5, 0.6) is 0 Å². The molecule has 23 heavy (non-hydrogen) atoms.